The van der Waals surface area contributed by atoms with Crippen LogP contribution in [0.1, 0.15) is 6.42 Å². The summed E-state index contributed by atoms with van der Waals surface area (Å²) in [6.45, 7) is 0. The summed E-state index contributed by atoms with van der Waals surface area (Å²) in [5.41, 5.74) is 7.59. The SMILES string of the molecule is NC(=O)C1C2C=CC(C2)C1Nc1c(Cl)cnc2nc(-c3ccccc3F)[nH]c12. The number of H-pyrrole nitrogens is 1. The highest BCUT2D eigenvalue weighted by molar-refractivity contribution is 6.34. The van der Waals surface area contributed by atoms with E-state index in [1.165, 1.54) is 12.3 Å². The molecule has 3 aromatic rings. The summed E-state index contributed by atoms with van der Waals surface area (Å²) < 4.78 is 14.2. The molecule has 0 aliphatic heterocycles. The van der Waals surface area contributed by atoms with Crippen molar-refractivity contribution >= 4 is 34.4 Å². The standard InChI is InChI=1S/C20H17ClFN5O/c21-12-8-24-20-17(26-19(27-20)11-3-1-2-4-13(11)22)16(12)25-15-10-6-5-9(7-10)14(15)18(23)28/h1-6,8-10,14-15H,7H2,(H2,23,28)(H2,24,25,26,27). The monoisotopic (exact) mass is 397 g/mol. The molecule has 142 valence electrons. The first-order valence-corrected chi connectivity index (χ1v) is 9.44. The molecular formula is C20H17ClFN5O. The number of amides is 1. The van der Waals surface area contributed by atoms with E-state index in [1.54, 1.807) is 18.2 Å². The van der Waals surface area contributed by atoms with Gasteiger partial charge in [-0.25, -0.2) is 14.4 Å². The zero-order valence-corrected chi connectivity index (χ0v) is 15.4. The zero-order chi connectivity index (χ0) is 19.4. The lowest BCUT2D eigenvalue weighted by molar-refractivity contribution is -0.122. The van der Waals surface area contributed by atoms with Crippen LogP contribution in [0, 0.1) is 23.6 Å². The van der Waals surface area contributed by atoms with E-state index < -0.39 is 0 Å². The number of halogens is 2. The van der Waals surface area contributed by atoms with E-state index in [4.69, 9.17) is 17.3 Å². The minimum Gasteiger partial charge on any atom is -0.378 e. The molecule has 1 aromatic carbocycles. The number of anilines is 1. The summed E-state index contributed by atoms with van der Waals surface area (Å²) >= 11 is 6.42. The number of aromatic nitrogens is 3. The number of carbonyl (C=O) groups excluding carboxylic acids is 1. The highest BCUT2D eigenvalue weighted by atomic mass is 35.5. The summed E-state index contributed by atoms with van der Waals surface area (Å²) in [6.07, 6.45) is 6.57. The van der Waals surface area contributed by atoms with Gasteiger partial charge in [0.05, 0.1) is 28.4 Å². The number of nitrogens with one attached hydrogen (secondary N) is 2. The Morgan fingerprint density at radius 1 is 1.29 bits per heavy atom. The van der Waals surface area contributed by atoms with Gasteiger partial charge >= 0.3 is 0 Å². The molecule has 28 heavy (non-hydrogen) atoms. The second kappa shape index (κ2) is 6.31. The van der Waals surface area contributed by atoms with Crippen LogP contribution in [0.4, 0.5) is 10.1 Å². The second-order valence-corrected chi connectivity index (χ2v) is 7.70. The highest BCUT2D eigenvalue weighted by Gasteiger charge is 2.47. The number of rotatable bonds is 4. The first-order valence-electron chi connectivity index (χ1n) is 9.06. The van der Waals surface area contributed by atoms with Crippen LogP contribution in [0.5, 0.6) is 0 Å². The number of fused-ring (bicyclic) bond motifs is 3. The molecule has 0 saturated heterocycles. The van der Waals surface area contributed by atoms with Gasteiger partial charge in [0, 0.05) is 6.04 Å². The van der Waals surface area contributed by atoms with E-state index in [-0.39, 0.29) is 35.5 Å². The summed E-state index contributed by atoms with van der Waals surface area (Å²) in [5, 5.41) is 3.80. The smallest absolute Gasteiger partial charge is 0.223 e. The summed E-state index contributed by atoms with van der Waals surface area (Å²) in [5.74, 6) is -0.294. The number of allylic oxidation sites excluding steroid dienone is 1. The molecule has 2 bridgehead atoms. The first kappa shape index (κ1) is 17.2. The van der Waals surface area contributed by atoms with Crippen molar-refractivity contribution in [1.82, 2.24) is 15.0 Å². The lowest BCUT2D eigenvalue weighted by Crippen LogP contribution is -2.41. The molecule has 2 aliphatic rings. The maximum Gasteiger partial charge on any atom is 0.223 e. The van der Waals surface area contributed by atoms with E-state index >= 15 is 0 Å². The van der Waals surface area contributed by atoms with Crippen molar-refractivity contribution in [3.05, 3.63) is 53.5 Å². The van der Waals surface area contributed by atoms with Crippen molar-refractivity contribution in [3.63, 3.8) is 0 Å². The second-order valence-electron chi connectivity index (χ2n) is 7.29. The minimum absolute atomic E-state index is 0.145. The lowest BCUT2D eigenvalue weighted by atomic mass is 9.88. The minimum atomic E-state index is -0.380. The molecule has 4 atom stereocenters. The van der Waals surface area contributed by atoms with Crippen LogP contribution in [-0.4, -0.2) is 26.9 Å². The quantitative estimate of drug-likeness (QED) is 0.587. The predicted octanol–water partition coefficient (Wildman–Crippen LogP) is 3.51. The lowest BCUT2D eigenvalue weighted by Gasteiger charge is -2.28. The topological polar surface area (TPSA) is 96.7 Å². The molecule has 4 unspecified atom stereocenters. The fourth-order valence-electron chi connectivity index (χ4n) is 4.43. The molecule has 1 saturated carbocycles. The summed E-state index contributed by atoms with van der Waals surface area (Å²) in [4.78, 5) is 23.8. The van der Waals surface area contributed by atoms with E-state index in [2.05, 4.69) is 32.4 Å². The molecule has 0 radical (unpaired) electrons. The maximum atomic E-state index is 14.2. The van der Waals surface area contributed by atoms with Gasteiger partial charge in [-0.05, 0) is 30.4 Å². The van der Waals surface area contributed by atoms with Crippen molar-refractivity contribution in [3.8, 4) is 11.4 Å². The van der Waals surface area contributed by atoms with Crippen LogP contribution in [0.2, 0.25) is 5.02 Å². The molecule has 2 aromatic heterocycles. The Labute approximate surface area is 165 Å². The average molecular weight is 398 g/mol. The average Bonchev–Trinajstić information content (AvgIpc) is 3.38. The van der Waals surface area contributed by atoms with Gasteiger partial charge in [0.15, 0.2) is 5.65 Å². The Morgan fingerprint density at radius 3 is 2.86 bits per heavy atom. The molecule has 8 heteroatoms. The van der Waals surface area contributed by atoms with Crippen molar-refractivity contribution in [2.45, 2.75) is 12.5 Å². The van der Waals surface area contributed by atoms with Crippen molar-refractivity contribution < 1.29 is 9.18 Å². The van der Waals surface area contributed by atoms with Gasteiger partial charge in [-0.15, -0.1) is 0 Å². The molecule has 5 rings (SSSR count). The maximum absolute atomic E-state index is 14.2. The van der Waals surface area contributed by atoms with Crippen LogP contribution < -0.4 is 11.1 Å². The Bertz CT molecular complexity index is 1130. The Balaban J connectivity index is 1.58. The number of imidazole rings is 1. The van der Waals surface area contributed by atoms with Gasteiger partial charge in [-0.2, -0.15) is 0 Å². The van der Waals surface area contributed by atoms with Crippen LogP contribution in [0.25, 0.3) is 22.6 Å². The molecular weight excluding hydrogens is 381 g/mol. The molecule has 4 N–H and O–H groups in total. The molecule has 6 nitrogen and oxygen atoms in total. The molecule has 1 fully saturated rings. The number of nitrogens with two attached hydrogens (primary N) is 1. The van der Waals surface area contributed by atoms with Crippen molar-refractivity contribution in [1.29, 1.82) is 0 Å². The number of carbonyl (C=O) groups is 1. The van der Waals surface area contributed by atoms with Gasteiger partial charge in [0.2, 0.25) is 5.91 Å². The highest BCUT2D eigenvalue weighted by Crippen LogP contribution is 2.46. The van der Waals surface area contributed by atoms with Gasteiger partial charge in [0.1, 0.15) is 17.2 Å². The number of aromatic amines is 1. The third-order valence-corrected chi connectivity index (χ3v) is 5.99. The first-order chi connectivity index (χ1) is 13.5. The van der Waals surface area contributed by atoms with E-state index in [9.17, 15) is 9.18 Å². The molecule has 0 spiro atoms. The number of pyridine rings is 1. The fraction of sp³-hybridized carbons (Fsp3) is 0.250. The van der Waals surface area contributed by atoms with Crippen LogP contribution in [-0.2, 0) is 4.79 Å². The van der Waals surface area contributed by atoms with Crippen LogP contribution in [0.15, 0.2) is 42.6 Å². The van der Waals surface area contributed by atoms with Gasteiger partial charge in [-0.1, -0.05) is 35.9 Å². The van der Waals surface area contributed by atoms with E-state index in [0.29, 0.717) is 33.3 Å². The molecule has 2 heterocycles. The van der Waals surface area contributed by atoms with Crippen molar-refractivity contribution in [2.24, 2.45) is 23.5 Å². The Kier molecular flexibility index (Phi) is 3.87. The number of hydrogen-bond acceptors (Lipinski definition) is 4. The molecule has 1 amide bonds. The third-order valence-electron chi connectivity index (χ3n) is 5.70. The third kappa shape index (κ3) is 2.57. The predicted molar refractivity (Wildman–Crippen MR) is 105 cm³/mol. The number of nitrogens with zero attached hydrogens (tertiary/aromatic N) is 2. The largest absolute Gasteiger partial charge is 0.378 e. The fourth-order valence-corrected chi connectivity index (χ4v) is 4.63. The van der Waals surface area contributed by atoms with Gasteiger partial charge in [-0.3, -0.25) is 4.79 Å². The summed E-state index contributed by atoms with van der Waals surface area (Å²) in [6, 6.07) is 6.23. The van der Waals surface area contributed by atoms with Crippen molar-refractivity contribution in [2.75, 3.05) is 5.32 Å². The number of hydrogen-bond donors (Lipinski definition) is 3. The molecule has 2 aliphatic carbocycles. The number of benzene rings is 1. The Hall–Kier alpha value is -2.93. The van der Waals surface area contributed by atoms with Gasteiger partial charge < -0.3 is 16.0 Å². The zero-order valence-electron chi connectivity index (χ0n) is 14.7. The summed E-state index contributed by atoms with van der Waals surface area (Å²) in [7, 11) is 0. The van der Waals surface area contributed by atoms with Crippen LogP contribution in [0.3, 0.4) is 0 Å². The van der Waals surface area contributed by atoms with E-state index in [1.807, 2.05) is 0 Å². The van der Waals surface area contributed by atoms with Crippen LogP contribution >= 0.6 is 11.6 Å². The van der Waals surface area contributed by atoms with E-state index in [0.717, 1.165) is 6.42 Å². The normalized spacial score (nSPS) is 25.5. The van der Waals surface area contributed by atoms with Gasteiger partial charge in [0.25, 0.3) is 0 Å². The number of primary amides is 1. The Morgan fingerprint density at radius 2 is 2.07 bits per heavy atom.